The molecule has 8 nitrogen and oxygen atoms in total. The molecule has 4 rings (SSSR count). The molecule has 2 aromatic rings. The maximum atomic E-state index is 14.3. The summed E-state index contributed by atoms with van der Waals surface area (Å²) in [6, 6.07) is 5.43. The van der Waals surface area contributed by atoms with E-state index in [1.54, 1.807) is 25.1 Å². The smallest absolute Gasteiger partial charge is 0.272 e. The van der Waals surface area contributed by atoms with Crippen LogP contribution in [0, 0.1) is 5.82 Å². The number of para-hydroxylation sites is 1. The number of carbonyl (C=O) groups is 2. The van der Waals surface area contributed by atoms with Gasteiger partial charge in [0.15, 0.2) is 15.5 Å². The van der Waals surface area contributed by atoms with E-state index in [1.165, 1.54) is 15.6 Å². The molecule has 0 saturated carbocycles. The number of amides is 2. The molecule has 0 spiro atoms. The topological polar surface area (TPSA) is 101 Å². The summed E-state index contributed by atoms with van der Waals surface area (Å²) in [5, 5.41) is 7.04. The van der Waals surface area contributed by atoms with E-state index in [4.69, 9.17) is 0 Å². The van der Waals surface area contributed by atoms with Gasteiger partial charge in [0.2, 0.25) is 5.91 Å². The van der Waals surface area contributed by atoms with Crippen molar-refractivity contribution in [2.45, 2.75) is 32.2 Å². The summed E-state index contributed by atoms with van der Waals surface area (Å²) in [4.78, 5) is 27.0. The minimum atomic E-state index is -3.10. The molecule has 1 aliphatic heterocycles. The second kappa shape index (κ2) is 7.82. The highest BCUT2D eigenvalue weighted by Crippen LogP contribution is 2.28. The molecule has 2 aliphatic rings. The van der Waals surface area contributed by atoms with E-state index >= 15 is 0 Å². The average Bonchev–Trinajstić information content (AvgIpc) is 3.30. The molecule has 1 fully saturated rings. The van der Waals surface area contributed by atoms with Gasteiger partial charge in [0.05, 0.1) is 11.5 Å². The molecule has 0 bridgehead atoms. The molecule has 30 heavy (non-hydrogen) atoms. The number of carbonyl (C=O) groups excluding carboxylic acids is 2. The highest BCUT2D eigenvalue weighted by molar-refractivity contribution is 7.91. The third-order valence-corrected chi connectivity index (χ3v) is 7.21. The van der Waals surface area contributed by atoms with Gasteiger partial charge in [-0.2, -0.15) is 5.10 Å². The molecule has 1 atom stereocenters. The number of nitrogens with zero attached hydrogens (tertiary/aromatic N) is 3. The summed E-state index contributed by atoms with van der Waals surface area (Å²) < 4.78 is 38.9. The van der Waals surface area contributed by atoms with Gasteiger partial charge in [-0.25, -0.2) is 17.5 Å². The fourth-order valence-electron chi connectivity index (χ4n) is 3.98. The average molecular weight is 434 g/mol. The Bertz CT molecular complexity index is 1100. The van der Waals surface area contributed by atoms with Crippen molar-refractivity contribution in [3.05, 3.63) is 47.0 Å². The summed E-state index contributed by atoms with van der Waals surface area (Å²) in [5.74, 6) is -1.39. The summed E-state index contributed by atoms with van der Waals surface area (Å²) in [5.41, 5.74) is 2.07. The molecular formula is C20H23FN4O4S. The molecule has 2 amide bonds. The Balaban J connectivity index is 1.52. The fourth-order valence-corrected chi connectivity index (χ4v) is 5.18. The van der Waals surface area contributed by atoms with Crippen molar-refractivity contribution in [2.75, 3.05) is 24.6 Å². The van der Waals surface area contributed by atoms with Crippen molar-refractivity contribution in [3.63, 3.8) is 0 Å². The van der Waals surface area contributed by atoms with Gasteiger partial charge in [-0.3, -0.25) is 9.59 Å². The molecule has 10 heteroatoms. The first-order valence-electron chi connectivity index (χ1n) is 9.92. The van der Waals surface area contributed by atoms with Crippen molar-refractivity contribution in [1.82, 2.24) is 20.0 Å². The van der Waals surface area contributed by atoms with E-state index in [1.807, 2.05) is 0 Å². The summed E-state index contributed by atoms with van der Waals surface area (Å²) >= 11 is 0. The largest absolute Gasteiger partial charge is 0.339 e. The fraction of sp³-hybridized carbons (Fsp3) is 0.450. The Kier molecular flexibility index (Phi) is 5.35. The van der Waals surface area contributed by atoms with Crippen LogP contribution in [0.1, 0.15) is 35.1 Å². The number of nitrogens with one attached hydrogen (secondary N) is 1. The molecule has 1 aromatic carbocycles. The maximum absolute atomic E-state index is 14.3. The number of aromatic nitrogens is 2. The number of hydrogen-bond acceptors (Lipinski definition) is 5. The predicted molar refractivity (Wildman–Crippen MR) is 108 cm³/mol. The van der Waals surface area contributed by atoms with Crippen LogP contribution in [0.3, 0.4) is 0 Å². The second-order valence-electron chi connectivity index (χ2n) is 7.66. The molecule has 1 saturated heterocycles. The lowest BCUT2D eigenvalue weighted by Gasteiger charge is -2.29. The molecule has 1 unspecified atom stereocenters. The number of halogens is 1. The van der Waals surface area contributed by atoms with Gasteiger partial charge in [-0.1, -0.05) is 12.1 Å². The van der Waals surface area contributed by atoms with Gasteiger partial charge in [0.25, 0.3) is 5.91 Å². The zero-order valence-electron chi connectivity index (χ0n) is 16.6. The second-order valence-corrected chi connectivity index (χ2v) is 9.97. The van der Waals surface area contributed by atoms with Gasteiger partial charge >= 0.3 is 0 Å². The van der Waals surface area contributed by atoms with E-state index in [0.717, 1.165) is 17.7 Å². The van der Waals surface area contributed by atoms with Gasteiger partial charge in [0.1, 0.15) is 17.5 Å². The third kappa shape index (κ3) is 3.83. The molecule has 2 heterocycles. The zero-order valence-corrected chi connectivity index (χ0v) is 17.4. The Morgan fingerprint density at radius 2 is 1.87 bits per heavy atom. The normalized spacial score (nSPS) is 18.7. The summed E-state index contributed by atoms with van der Waals surface area (Å²) in [6.45, 7) is 1.81. The van der Waals surface area contributed by atoms with Crippen LogP contribution in [0.25, 0.3) is 5.69 Å². The molecule has 0 radical (unpaired) electrons. The van der Waals surface area contributed by atoms with Crippen LogP contribution in [0.15, 0.2) is 24.3 Å². The number of fused-ring (bicyclic) bond motifs is 1. The summed E-state index contributed by atoms with van der Waals surface area (Å²) in [6.07, 6.45) is 2.21. The minimum Gasteiger partial charge on any atom is -0.339 e. The molecule has 160 valence electrons. The monoisotopic (exact) mass is 434 g/mol. The summed E-state index contributed by atoms with van der Waals surface area (Å²) in [7, 11) is -3.10. The number of sulfone groups is 1. The van der Waals surface area contributed by atoms with Crippen molar-refractivity contribution >= 4 is 21.7 Å². The van der Waals surface area contributed by atoms with Crippen LogP contribution in [0.4, 0.5) is 4.39 Å². The maximum Gasteiger partial charge on any atom is 0.272 e. The molecule has 1 aliphatic carbocycles. The Morgan fingerprint density at radius 3 is 2.57 bits per heavy atom. The van der Waals surface area contributed by atoms with E-state index in [9.17, 15) is 22.4 Å². The lowest BCUT2D eigenvalue weighted by molar-refractivity contribution is -0.132. The van der Waals surface area contributed by atoms with Crippen molar-refractivity contribution < 1.29 is 22.4 Å². The molecule has 1 N–H and O–H groups in total. The van der Waals surface area contributed by atoms with Crippen molar-refractivity contribution in [3.8, 4) is 5.69 Å². The van der Waals surface area contributed by atoms with Crippen LogP contribution < -0.4 is 5.32 Å². The van der Waals surface area contributed by atoms with Gasteiger partial charge in [-0.15, -0.1) is 0 Å². The highest BCUT2D eigenvalue weighted by Gasteiger charge is 2.31. The van der Waals surface area contributed by atoms with E-state index in [-0.39, 0.29) is 41.9 Å². The lowest BCUT2D eigenvalue weighted by Crippen LogP contribution is -2.51. The van der Waals surface area contributed by atoms with Crippen LogP contribution >= 0.6 is 0 Å². The van der Waals surface area contributed by atoms with Crippen LogP contribution in [0.5, 0.6) is 0 Å². The van der Waals surface area contributed by atoms with E-state index in [0.29, 0.717) is 12.8 Å². The highest BCUT2D eigenvalue weighted by atomic mass is 32.2. The lowest BCUT2D eigenvalue weighted by atomic mass is 10.1. The SMILES string of the molecule is CC(NC(=O)c1nn(-c2ccccc2F)c2c1CCC2)C(=O)N1CCS(=O)(=O)CC1. The first-order chi connectivity index (χ1) is 14.3. The Hall–Kier alpha value is -2.75. The third-order valence-electron chi connectivity index (χ3n) is 5.60. The van der Waals surface area contributed by atoms with Gasteiger partial charge < -0.3 is 10.2 Å². The molecular weight excluding hydrogens is 411 g/mol. The van der Waals surface area contributed by atoms with Crippen LogP contribution in [-0.4, -0.2) is 65.5 Å². The minimum absolute atomic E-state index is 0.0695. The van der Waals surface area contributed by atoms with E-state index < -0.39 is 27.6 Å². The van der Waals surface area contributed by atoms with E-state index in [2.05, 4.69) is 10.4 Å². The first-order valence-corrected chi connectivity index (χ1v) is 11.7. The van der Waals surface area contributed by atoms with Crippen LogP contribution in [0.2, 0.25) is 0 Å². The number of benzene rings is 1. The van der Waals surface area contributed by atoms with Crippen LogP contribution in [-0.2, 0) is 27.5 Å². The van der Waals surface area contributed by atoms with Crippen molar-refractivity contribution in [1.29, 1.82) is 0 Å². The van der Waals surface area contributed by atoms with Crippen molar-refractivity contribution in [2.24, 2.45) is 0 Å². The Labute approximate surface area is 174 Å². The molecule has 1 aromatic heterocycles. The quantitative estimate of drug-likeness (QED) is 0.770. The number of rotatable bonds is 4. The zero-order chi connectivity index (χ0) is 21.5. The standard InChI is InChI=1S/C20H23FN4O4S/c1-13(20(27)24-9-11-30(28,29)12-10-24)22-19(26)18-14-5-4-8-16(14)25(23-18)17-7-3-2-6-15(17)21/h2-3,6-7,13H,4-5,8-12H2,1H3,(H,22,26). The first kappa shape index (κ1) is 20.5. The Morgan fingerprint density at radius 1 is 1.17 bits per heavy atom. The predicted octanol–water partition coefficient (Wildman–Crippen LogP) is 0.875. The van der Waals surface area contributed by atoms with Gasteiger partial charge in [-0.05, 0) is 38.3 Å². The number of hydrogen-bond donors (Lipinski definition) is 1. The van der Waals surface area contributed by atoms with Gasteiger partial charge in [0, 0.05) is 24.3 Å².